The van der Waals surface area contributed by atoms with Crippen molar-refractivity contribution in [1.82, 2.24) is 4.72 Å². The molecule has 1 saturated carbocycles. The molecule has 1 heterocycles. The number of alkyl halides is 2. The summed E-state index contributed by atoms with van der Waals surface area (Å²) < 4.78 is 68.6. The fraction of sp³-hybridized carbons (Fsp3) is 0.350. The van der Waals surface area contributed by atoms with Crippen molar-refractivity contribution in [3.05, 3.63) is 42.0 Å². The molecule has 2 aliphatic rings. The number of rotatable bonds is 6. The van der Waals surface area contributed by atoms with Crippen LogP contribution in [0.25, 0.3) is 0 Å². The average molecular weight is 454 g/mol. The van der Waals surface area contributed by atoms with Gasteiger partial charge in [0.05, 0.1) is 7.11 Å². The van der Waals surface area contributed by atoms with Crippen LogP contribution in [0.2, 0.25) is 0 Å². The van der Waals surface area contributed by atoms with Crippen LogP contribution in [0.15, 0.2) is 41.3 Å². The molecule has 2 aromatic carbocycles. The summed E-state index contributed by atoms with van der Waals surface area (Å²) in [6, 6.07) is 7.65. The Hall–Kier alpha value is -2.92. The van der Waals surface area contributed by atoms with Crippen molar-refractivity contribution in [3.8, 4) is 17.2 Å². The quantitative estimate of drug-likeness (QED) is 0.693. The van der Waals surface area contributed by atoms with Gasteiger partial charge in [0.1, 0.15) is 10.6 Å². The van der Waals surface area contributed by atoms with Crippen LogP contribution in [0.4, 0.5) is 14.5 Å². The Kier molecular flexibility index (Phi) is 5.48. The van der Waals surface area contributed by atoms with Gasteiger partial charge in [-0.05, 0) is 43.2 Å². The van der Waals surface area contributed by atoms with Gasteiger partial charge in [0.25, 0.3) is 5.91 Å². The van der Waals surface area contributed by atoms with E-state index < -0.39 is 22.2 Å². The Bertz CT molecular complexity index is 1120. The number of ether oxygens (including phenoxy) is 3. The molecule has 2 aromatic rings. The zero-order chi connectivity index (χ0) is 22.2. The number of carbonyl (C=O) groups excluding carboxylic acids is 1. The summed E-state index contributed by atoms with van der Waals surface area (Å²) in [4.78, 5) is 12.5. The van der Waals surface area contributed by atoms with E-state index >= 15 is 0 Å². The van der Waals surface area contributed by atoms with E-state index in [1.807, 2.05) is 0 Å². The molecule has 166 valence electrons. The molecule has 8 nitrogen and oxygen atoms in total. The van der Waals surface area contributed by atoms with Gasteiger partial charge in [0.15, 0.2) is 11.5 Å². The van der Waals surface area contributed by atoms with Crippen molar-refractivity contribution in [1.29, 1.82) is 0 Å². The third kappa shape index (κ3) is 4.57. The first-order chi connectivity index (χ1) is 14.7. The molecule has 0 atom stereocenters. The van der Waals surface area contributed by atoms with E-state index in [9.17, 15) is 22.0 Å². The molecule has 0 spiro atoms. The molecule has 4 rings (SSSR count). The molecule has 1 fully saturated rings. The van der Waals surface area contributed by atoms with Crippen LogP contribution in [-0.2, 0) is 10.0 Å². The lowest BCUT2D eigenvalue weighted by atomic mass is 10.2. The Balaban J connectivity index is 1.56. The number of carbonyl (C=O) groups is 1. The van der Waals surface area contributed by atoms with Crippen LogP contribution in [0.1, 0.15) is 36.0 Å². The van der Waals surface area contributed by atoms with Crippen LogP contribution >= 0.6 is 0 Å². The molecule has 0 bridgehead atoms. The van der Waals surface area contributed by atoms with Gasteiger partial charge in [-0.25, -0.2) is 13.1 Å². The SMILES string of the molecule is COc1ccc(C(=O)Nc2ccc3c(c2)OC(F)(F)O3)cc1S(=O)(=O)NC1CCCC1. The number of benzene rings is 2. The summed E-state index contributed by atoms with van der Waals surface area (Å²) in [5, 5.41) is 2.53. The minimum absolute atomic E-state index is 0.0515. The van der Waals surface area contributed by atoms with Crippen molar-refractivity contribution in [2.45, 2.75) is 42.9 Å². The number of hydrogen-bond donors (Lipinski definition) is 2. The van der Waals surface area contributed by atoms with E-state index in [2.05, 4.69) is 19.5 Å². The number of methoxy groups -OCH3 is 1. The molecule has 0 saturated heterocycles. The summed E-state index contributed by atoms with van der Waals surface area (Å²) in [5.74, 6) is -0.904. The summed E-state index contributed by atoms with van der Waals surface area (Å²) in [6.07, 6.45) is -0.352. The second-order valence-corrected chi connectivity index (χ2v) is 8.93. The smallest absolute Gasteiger partial charge is 0.495 e. The van der Waals surface area contributed by atoms with Crippen molar-refractivity contribution in [2.75, 3.05) is 12.4 Å². The minimum Gasteiger partial charge on any atom is -0.495 e. The topological polar surface area (TPSA) is 103 Å². The lowest BCUT2D eigenvalue weighted by Gasteiger charge is -2.16. The van der Waals surface area contributed by atoms with E-state index in [0.717, 1.165) is 25.7 Å². The molecule has 2 N–H and O–H groups in total. The van der Waals surface area contributed by atoms with Crippen molar-refractivity contribution in [3.63, 3.8) is 0 Å². The Morgan fingerprint density at radius 2 is 1.81 bits per heavy atom. The van der Waals surface area contributed by atoms with Gasteiger partial charge in [-0.15, -0.1) is 8.78 Å². The monoisotopic (exact) mass is 454 g/mol. The summed E-state index contributed by atoms with van der Waals surface area (Å²) in [6.45, 7) is 0. The Morgan fingerprint density at radius 1 is 1.10 bits per heavy atom. The molecular weight excluding hydrogens is 434 g/mol. The maximum absolute atomic E-state index is 13.2. The standard InChI is InChI=1S/C20H20F2N2O6S/c1-28-16-8-6-12(10-18(16)31(26,27)24-13-4-2-3-5-13)19(25)23-14-7-9-15-17(11-14)30-20(21,22)29-15/h6-11,13,24H,2-5H2,1H3,(H,23,25). The van der Waals surface area contributed by atoms with Gasteiger partial charge in [0, 0.05) is 23.4 Å². The maximum atomic E-state index is 13.2. The van der Waals surface area contributed by atoms with Crippen LogP contribution < -0.4 is 24.2 Å². The van der Waals surface area contributed by atoms with Crippen LogP contribution in [0.3, 0.4) is 0 Å². The second-order valence-electron chi connectivity index (χ2n) is 7.25. The van der Waals surface area contributed by atoms with Gasteiger partial charge in [-0.1, -0.05) is 12.8 Å². The van der Waals surface area contributed by atoms with Crippen LogP contribution in [-0.4, -0.2) is 33.8 Å². The zero-order valence-corrected chi connectivity index (χ0v) is 17.3. The number of halogens is 2. The van der Waals surface area contributed by atoms with Crippen molar-refractivity contribution in [2.24, 2.45) is 0 Å². The normalized spacial score (nSPS) is 17.5. The highest BCUT2D eigenvalue weighted by Crippen LogP contribution is 2.42. The molecular formula is C20H20F2N2O6S. The van der Waals surface area contributed by atoms with Gasteiger partial charge >= 0.3 is 6.29 Å². The molecule has 1 amide bonds. The van der Waals surface area contributed by atoms with Crippen LogP contribution in [0, 0.1) is 0 Å². The highest BCUT2D eigenvalue weighted by molar-refractivity contribution is 7.89. The molecule has 1 aliphatic carbocycles. The van der Waals surface area contributed by atoms with E-state index in [4.69, 9.17) is 4.74 Å². The lowest BCUT2D eigenvalue weighted by molar-refractivity contribution is -0.286. The maximum Gasteiger partial charge on any atom is 0.586 e. The van der Waals surface area contributed by atoms with E-state index in [1.54, 1.807) is 0 Å². The summed E-state index contributed by atoms with van der Waals surface area (Å²) in [5.41, 5.74) is 0.227. The number of amides is 1. The van der Waals surface area contributed by atoms with Gasteiger partial charge in [-0.3, -0.25) is 4.79 Å². The molecule has 1 aliphatic heterocycles. The number of anilines is 1. The Labute approximate surface area is 177 Å². The summed E-state index contributed by atoms with van der Waals surface area (Å²) >= 11 is 0. The first-order valence-corrected chi connectivity index (χ1v) is 11.1. The highest BCUT2D eigenvalue weighted by atomic mass is 32.2. The molecule has 11 heteroatoms. The van der Waals surface area contributed by atoms with E-state index in [-0.39, 0.29) is 39.4 Å². The highest BCUT2D eigenvalue weighted by Gasteiger charge is 2.43. The minimum atomic E-state index is -3.91. The third-order valence-corrected chi connectivity index (χ3v) is 6.59. The second kappa shape index (κ2) is 7.97. The fourth-order valence-corrected chi connectivity index (χ4v) is 5.08. The number of fused-ring (bicyclic) bond motifs is 1. The average Bonchev–Trinajstić information content (AvgIpc) is 3.32. The van der Waals surface area contributed by atoms with Crippen molar-refractivity contribution >= 4 is 21.6 Å². The van der Waals surface area contributed by atoms with Gasteiger partial charge in [0.2, 0.25) is 10.0 Å². The molecule has 0 aromatic heterocycles. The van der Waals surface area contributed by atoms with Crippen LogP contribution in [0.5, 0.6) is 17.2 Å². The lowest BCUT2D eigenvalue weighted by Crippen LogP contribution is -2.33. The summed E-state index contributed by atoms with van der Waals surface area (Å²) in [7, 11) is -2.57. The fourth-order valence-electron chi connectivity index (χ4n) is 3.58. The first kappa shape index (κ1) is 21.3. The molecule has 0 radical (unpaired) electrons. The van der Waals surface area contributed by atoms with Gasteiger partial charge < -0.3 is 19.5 Å². The Morgan fingerprint density at radius 3 is 2.52 bits per heavy atom. The first-order valence-electron chi connectivity index (χ1n) is 9.58. The number of sulfonamides is 1. The number of nitrogens with one attached hydrogen (secondary N) is 2. The predicted molar refractivity (Wildman–Crippen MR) is 106 cm³/mol. The van der Waals surface area contributed by atoms with Crippen molar-refractivity contribution < 1.29 is 36.2 Å². The predicted octanol–water partition coefficient (Wildman–Crippen LogP) is 3.49. The largest absolute Gasteiger partial charge is 0.586 e. The third-order valence-electron chi connectivity index (χ3n) is 5.05. The van der Waals surface area contributed by atoms with E-state index in [0.29, 0.717) is 0 Å². The van der Waals surface area contributed by atoms with E-state index in [1.165, 1.54) is 43.5 Å². The number of hydrogen-bond acceptors (Lipinski definition) is 6. The zero-order valence-electron chi connectivity index (χ0n) is 16.5. The molecule has 0 unspecified atom stereocenters. The van der Waals surface area contributed by atoms with Gasteiger partial charge in [-0.2, -0.15) is 0 Å². The molecule has 31 heavy (non-hydrogen) atoms.